The van der Waals surface area contributed by atoms with Gasteiger partial charge in [-0.3, -0.25) is 0 Å². The van der Waals surface area contributed by atoms with Gasteiger partial charge in [-0.2, -0.15) is 0 Å². The number of rotatable bonds is 4. The molecule has 0 unspecified atom stereocenters. The van der Waals surface area contributed by atoms with Crippen LogP contribution in [-0.4, -0.2) is 14.9 Å². The molecule has 5 nitrogen and oxygen atoms in total. The van der Waals surface area contributed by atoms with Gasteiger partial charge in [0.05, 0.1) is 21.4 Å². The summed E-state index contributed by atoms with van der Waals surface area (Å²) in [5, 5.41) is 6.52. The molecule has 0 saturated heterocycles. The van der Waals surface area contributed by atoms with Crippen molar-refractivity contribution in [3.8, 4) is 0 Å². The summed E-state index contributed by atoms with van der Waals surface area (Å²) in [6.07, 6.45) is 2.89. The number of benzene rings is 2. The van der Waals surface area contributed by atoms with Crippen molar-refractivity contribution in [2.24, 2.45) is 0 Å². The molecule has 22 heavy (non-hydrogen) atoms. The van der Waals surface area contributed by atoms with Crippen LogP contribution < -0.4 is 10.5 Å². The maximum Gasteiger partial charge on any atom is 0.139 e. The fourth-order valence-corrected chi connectivity index (χ4v) is 2.13. The molecule has 0 bridgehead atoms. The number of hydrogen-bond acceptors (Lipinski definition) is 4. The summed E-state index contributed by atoms with van der Waals surface area (Å²) in [5.41, 5.74) is 4.41. The van der Waals surface area contributed by atoms with Crippen LogP contribution in [0.3, 0.4) is 0 Å². The average Bonchev–Trinajstić information content (AvgIpc) is 3.02. The number of anilines is 2. The maximum absolute atomic E-state index is 13.1. The Morgan fingerprint density at radius 2 is 1.73 bits per heavy atom. The van der Waals surface area contributed by atoms with Gasteiger partial charge < -0.3 is 0 Å². The van der Waals surface area contributed by atoms with Gasteiger partial charge in [-0.1, -0.05) is 23.2 Å². The number of aromatic nitrogens is 3. The quantitative estimate of drug-likeness (QED) is 0.730. The van der Waals surface area contributed by atoms with Gasteiger partial charge in [-0.05, 0) is 42.5 Å². The summed E-state index contributed by atoms with van der Waals surface area (Å²) in [6, 6.07) is 11.1. The highest BCUT2D eigenvalue weighted by molar-refractivity contribution is 6.42. The van der Waals surface area contributed by atoms with Crippen LogP contribution in [-0.2, 0) is 0 Å². The summed E-state index contributed by atoms with van der Waals surface area (Å²) >= 11 is 12.0. The second-order valence-electron chi connectivity index (χ2n) is 4.35. The third-order valence-electron chi connectivity index (χ3n) is 2.87. The minimum atomic E-state index is -0.321. The lowest BCUT2D eigenvalue weighted by molar-refractivity contribution is 0.627. The molecular formula is C14H10Cl2FN5. The summed E-state index contributed by atoms with van der Waals surface area (Å²) in [7, 11) is 0. The van der Waals surface area contributed by atoms with Crippen molar-refractivity contribution >= 4 is 34.6 Å². The molecule has 2 aromatic carbocycles. The van der Waals surface area contributed by atoms with Crippen LogP contribution in [0.1, 0.15) is 0 Å². The maximum atomic E-state index is 13.1. The fraction of sp³-hybridized carbons (Fsp3) is 0. The zero-order valence-electron chi connectivity index (χ0n) is 11.1. The van der Waals surface area contributed by atoms with Crippen LogP contribution in [0, 0.1) is 5.82 Å². The van der Waals surface area contributed by atoms with Crippen molar-refractivity contribution in [3.63, 3.8) is 0 Å². The molecule has 0 aliphatic heterocycles. The number of nitrogens with one attached hydrogen (secondary N) is 1. The zero-order valence-corrected chi connectivity index (χ0v) is 12.6. The first kappa shape index (κ1) is 14.6. The minimum Gasteiger partial charge on any atom is -0.240 e. The number of halogens is 3. The third kappa shape index (κ3) is 3.13. The second-order valence-corrected chi connectivity index (χ2v) is 5.16. The Morgan fingerprint density at radius 1 is 1.00 bits per heavy atom. The molecule has 0 aliphatic carbocycles. The molecule has 1 aromatic heterocycles. The van der Waals surface area contributed by atoms with Gasteiger partial charge in [0.25, 0.3) is 0 Å². The van der Waals surface area contributed by atoms with Crippen LogP contribution in [0.4, 0.5) is 15.8 Å². The Labute approximate surface area is 135 Å². The van der Waals surface area contributed by atoms with Crippen LogP contribution in [0.15, 0.2) is 55.1 Å². The Bertz CT molecular complexity index is 761. The Kier molecular flexibility index (Phi) is 4.13. The Balaban J connectivity index is 2.01. The molecule has 0 saturated carbocycles. The van der Waals surface area contributed by atoms with E-state index in [0.29, 0.717) is 21.4 Å². The summed E-state index contributed by atoms with van der Waals surface area (Å²) in [6.45, 7) is 0. The van der Waals surface area contributed by atoms with E-state index in [9.17, 15) is 4.39 Å². The first-order chi connectivity index (χ1) is 10.6. The van der Waals surface area contributed by atoms with Crippen molar-refractivity contribution < 1.29 is 4.39 Å². The lowest BCUT2D eigenvalue weighted by Gasteiger charge is -2.26. The van der Waals surface area contributed by atoms with Gasteiger partial charge in [-0.25, -0.2) is 19.9 Å². The van der Waals surface area contributed by atoms with E-state index in [1.807, 2.05) is 0 Å². The number of hydrazine groups is 1. The van der Waals surface area contributed by atoms with E-state index in [4.69, 9.17) is 23.2 Å². The molecule has 0 spiro atoms. The van der Waals surface area contributed by atoms with Gasteiger partial charge in [0.1, 0.15) is 18.5 Å². The van der Waals surface area contributed by atoms with Crippen molar-refractivity contribution in [1.29, 1.82) is 0 Å². The van der Waals surface area contributed by atoms with Crippen molar-refractivity contribution in [2.75, 3.05) is 10.5 Å². The summed E-state index contributed by atoms with van der Waals surface area (Å²) < 4.78 is 13.1. The fourth-order valence-electron chi connectivity index (χ4n) is 1.84. The molecule has 0 radical (unpaired) electrons. The first-order valence-corrected chi connectivity index (χ1v) is 7.01. The van der Waals surface area contributed by atoms with Crippen LogP contribution in [0.25, 0.3) is 0 Å². The molecule has 0 amide bonds. The van der Waals surface area contributed by atoms with Crippen LogP contribution in [0.5, 0.6) is 0 Å². The third-order valence-corrected chi connectivity index (χ3v) is 3.61. The lowest BCUT2D eigenvalue weighted by Crippen LogP contribution is -2.32. The molecule has 0 fully saturated rings. The Hall–Kier alpha value is -2.31. The van der Waals surface area contributed by atoms with Crippen molar-refractivity contribution in [1.82, 2.24) is 14.9 Å². The number of nitrogens with zero attached hydrogens (tertiary/aromatic N) is 4. The van der Waals surface area contributed by atoms with Crippen molar-refractivity contribution in [2.45, 2.75) is 0 Å². The largest absolute Gasteiger partial charge is 0.240 e. The monoisotopic (exact) mass is 337 g/mol. The molecule has 1 N–H and O–H groups in total. The zero-order chi connectivity index (χ0) is 15.5. The molecule has 3 aromatic rings. The van der Waals surface area contributed by atoms with Gasteiger partial charge in [0, 0.05) is 0 Å². The predicted molar refractivity (Wildman–Crippen MR) is 84.4 cm³/mol. The molecule has 8 heteroatoms. The van der Waals surface area contributed by atoms with Gasteiger partial charge in [0.2, 0.25) is 0 Å². The van der Waals surface area contributed by atoms with Gasteiger partial charge in [-0.15, -0.1) is 9.89 Å². The lowest BCUT2D eigenvalue weighted by atomic mass is 10.2. The first-order valence-electron chi connectivity index (χ1n) is 6.25. The van der Waals surface area contributed by atoms with E-state index in [0.717, 1.165) is 0 Å². The number of hydrogen-bond donors (Lipinski definition) is 1. The highest BCUT2D eigenvalue weighted by Gasteiger charge is 2.12. The molecule has 112 valence electrons. The molecule has 3 rings (SSSR count). The minimum absolute atomic E-state index is 0.321. The molecule has 0 aliphatic rings. The molecular weight excluding hydrogens is 328 g/mol. The highest BCUT2D eigenvalue weighted by atomic mass is 35.5. The average molecular weight is 338 g/mol. The predicted octanol–water partition coefficient (Wildman–Crippen LogP) is 4.02. The van der Waals surface area contributed by atoms with Gasteiger partial charge >= 0.3 is 0 Å². The van der Waals surface area contributed by atoms with Crippen LogP contribution in [0.2, 0.25) is 10.0 Å². The van der Waals surface area contributed by atoms with E-state index in [-0.39, 0.29) is 5.82 Å². The standard InChI is InChI=1S/C14H10Cl2FN5/c15-13-6-5-12(7-14(13)16)22(20-21-9-18-8-19-21)11-3-1-10(17)2-4-11/h1-9,20H. The molecule has 1 heterocycles. The SMILES string of the molecule is Fc1ccc(N(Nn2cncn2)c2ccc(Cl)c(Cl)c2)cc1. The second kappa shape index (κ2) is 6.21. The van der Waals surface area contributed by atoms with E-state index >= 15 is 0 Å². The van der Waals surface area contributed by atoms with E-state index < -0.39 is 0 Å². The highest BCUT2D eigenvalue weighted by Crippen LogP contribution is 2.30. The van der Waals surface area contributed by atoms with E-state index in [1.165, 1.54) is 29.6 Å². The van der Waals surface area contributed by atoms with E-state index in [2.05, 4.69) is 15.6 Å². The molecule has 0 atom stereocenters. The van der Waals surface area contributed by atoms with E-state index in [1.54, 1.807) is 35.3 Å². The smallest absolute Gasteiger partial charge is 0.139 e. The van der Waals surface area contributed by atoms with Crippen LogP contribution >= 0.6 is 23.2 Å². The normalized spacial score (nSPS) is 10.5. The summed E-state index contributed by atoms with van der Waals surface area (Å²) in [5.74, 6) is -0.321. The van der Waals surface area contributed by atoms with Gasteiger partial charge in [0.15, 0.2) is 0 Å². The van der Waals surface area contributed by atoms with Crippen molar-refractivity contribution in [3.05, 3.63) is 71.0 Å². The topological polar surface area (TPSA) is 46.0 Å². The Morgan fingerprint density at radius 3 is 2.36 bits per heavy atom. The summed E-state index contributed by atoms with van der Waals surface area (Å²) in [4.78, 5) is 5.27.